The van der Waals surface area contributed by atoms with Gasteiger partial charge >= 0.3 is 0 Å². The normalized spacial score (nSPS) is 17.2. The zero-order valence-electron chi connectivity index (χ0n) is 9.88. The van der Waals surface area contributed by atoms with Crippen LogP contribution in [-0.2, 0) is 0 Å². The van der Waals surface area contributed by atoms with E-state index < -0.39 is 0 Å². The predicted molar refractivity (Wildman–Crippen MR) is 74.0 cm³/mol. The summed E-state index contributed by atoms with van der Waals surface area (Å²) >= 11 is 3.52. The second kappa shape index (κ2) is 6.07. The minimum atomic E-state index is 0.585. The molecule has 17 heavy (non-hydrogen) atoms. The summed E-state index contributed by atoms with van der Waals surface area (Å²) in [6, 6.07) is 8.47. The van der Waals surface area contributed by atoms with Crippen molar-refractivity contribution in [1.29, 1.82) is 5.26 Å². The van der Waals surface area contributed by atoms with Crippen LogP contribution in [0, 0.1) is 11.3 Å². The molecule has 0 heterocycles. The van der Waals surface area contributed by atoms with E-state index in [-0.39, 0.29) is 0 Å². The average Bonchev–Trinajstić information content (AvgIpc) is 2.60. The number of hydrogen-bond acceptors (Lipinski definition) is 2. The van der Waals surface area contributed by atoms with Gasteiger partial charge in [0.15, 0.2) is 0 Å². The van der Waals surface area contributed by atoms with Crippen molar-refractivity contribution in [2.24, 2.45) is 0 Å². The molecule has 0 radical (unpaired) electrons. The van der Waals surface area contributed by atoms with E-state index in [2.05, 4.69) is 27.3 Å². The highest BCUT2D eigenvalue weighted by atomic mass is 79.9. The molecule has 90 valence electrons. The zero-order valence-corrected chi connectivity index (χ0v) is 11.5. The first-order valence-electron chi connectivity index (χ1n) is 6.26. The molecule has 1 saturated carbocycles. The molecular weight excluding hydrogens is 276 g/mol. The van der Waals surface area contributed by atoms with Gasteiger partial charge < -0.3 is 5.32 Å². The largest absolute Gasteiger partial charge is 0.381 e. The Hall–Kier alpha value is -1.01. The third-order valence-electron chi connectivity index (χ3n) is 3.31. The second-order valence-corrected chi connectivity index (χ2v) is 5.49. The molecule has 0 atom stereocenters. The molecule has 0 unspecified atom stereocenters. The summed E-state index contributed by atoms with van der Waals surface area (Å²) in [5, 5.41) is 12.4. The molecule has 1 aliphatic rings. The summed E-state index contributed by atoms with van der Waals surface area (Å²) in [5.41, 5.74) is 1.80. The van der Waals surface area contributed by atoms with Gasteiger partial charge in [0.25, 0.3) is 0 Å². The molecule has 1 aromatic carbocycles. The Morgan fingerprint density at radius 2 is 1.88 bits per heavy atom. The van der Waals surface area contributed by atoms with Gasteiger partial charge in [-0.05, 0) is 47.0 Å². The number of rotatable bonds is 2. The van der Waals surface area contributed by atoms with E-state index in [4.69, 9.17) is 5.26 Å². The van der Waals surface area contributed by atoms with Crippen LogP contribution in [0.15, 0.2) is 22.7 Å². The molecule has 1 fully saturated rings. The summed E-state index contributed by atoms with van der Waals surface area (Å²) in [6.45, 7) is 0. The Morgan fingerprint density at radius 1 is 1.18 bits per heavy atom. The number of halogens is 1. The molecule has 0 saturated heterocycles. The highest BCUT2D eigenvalue weighted by Gasteiger charge is 2.13. The Labute approximate surface area is 111 Å². The standard InChI is InChI=1S/C14H17BrN2/c15-13-9-11(10-16)7-8-14(13)17-12-5-3-1-2-4-6-12/h7-9,12,17H,1-6H2. The van der Waals surface area contributed by atoms with Crippen LogP contribution < -0.4 is 5.32 Å². The predicted octanol–water partition coefficient (Wildman–Crippen LogP) is 4.46. The van der Waals surface area contributed by atoms with Gasteiger partial charge in [-0.3, -0.25) is 0 Å². The van der Waals surface area contributed by atoms with Crippen LogP contribution in [0.3, 0.4) is 0 Å². The highest BCUT2D eigenvalue weighted by molar-refractivity contribution is 9.10. The van der Waals surface area contributed by atoms with Crippen molar-refractivity contribution < 1.29 is 0 Å². The Bertz CT molecular complexity index is 415. The first kappa shape index (κ1) is 12.4. The van der Waals surface area contributed by atoms with E-state index in [0.717, 1.165) is 10.2 Å². The van der Waals surface area contributed by atoms with Crippen molar-refractivity contribution in [1.82, 2.24) is 0 Å². The lowest BCUT2D eigenvalue weighted by molar-refractivity contribution is 0.620. The summed E-state index contributed by atoms with van der Waals surface area (Å²) in [7, 11) is 0. The molecular formula is C14H17BrN2. The maximum Gasteiger partial charge on any atom is 0.0992 e. The minimum Gasteiger partial charge on any atom is -0.381 e. The summed E-state index contributed by atoms with van der Waals surface area (Å²) in [6.07, 6.45) is 7.90. The molecule has 0 aromatic heterocycles. The van der Waals surface area contributed by atoms with Gasteiger partial charge in [-0.1, -0.05) is 25.7 Å². The number of nitrogens with one attached hydrogen (secondary N) is 1. The lowest BCUT2D eigenvalue weighted by Gasteiger charge is -2.18. The van der Waals surface area contributed by atoms with Crippen molar-refractivity contribution in [3.05, 3.63) is 28.2 Å². The number of nitrogens with zero attached hydrogens (tertiary/aromatic N) is 1. The van der Waals surface area contributed by atoms with Crippen LogP contribution in [0.2, 0.25) is 0 Å². The molecule has 0 aliphatic heterocycles. The molecule has 0 amide bonds. The molecule has 0 bridgehead atoms. The Morgan fingerprint density at radius 3 is 2.47 bits per heavy atom. The van der Waals surface area contributed by atoms with Crippen molar-refractivity contribution in [2.75, 3.05) is 5.32 Å². The minimum absolute atomic E-state index is 0.585. The van der Waals surface area contributed by atoms with Crippen molar-refractivity contribution >= 4 is 21.6 Å². The monoisotopic (exact) mass is 292 g/mol. The van der Waals surface area contributed by atoms with Crippen molar-refractivity contribution in [3.63, 3.8) is 0 Å². The summed E-state index contributed by atoms with van der Waals surface area (Å²) < 4.78 is 0.987. The van der Waals surface area contributed by atoms with Gasteiger partial charge in [-0.2, -0.15) is 5.26 Å². The van der Waals surface area contributed by atoms with Crippen LogP contribution >= 0.6 is 15.9 Å². The fourth-order valence-corrected chi connectivity index (χ4v) is 2.84. The number of anilines is 1. The number of nitriles is 1. The van der Waals surface area contributed by atoms with Gasteiger partial charge in [0.05, 0.1) is 11.6 Å². The smallest absolute Gasteiger partial charge is 0.0992 e. The Balaban J connectivity index is 2.05. The zero-order chi connectivity index (χ0) is 12.1. The van der Waals surface area contributed by atoms with E-state index in [0.29, 0.717) is 11.6 Å². The average molecular weight is 293 g/mol. The lowest BCUT2D eigenvalue weighted by atomic mass is 10.1. The Kier molecular flexibility index (Phi) is 4.44. The lowest BCUT2D eigenvalue weighted by Crippen LogP contribution is -2.18. The number of hydrogen-bond donors (Lipinski definition) is 1. The van der Waals surface area contributed by atoms with E-state index in [1.54, 1.807) is 0 Å². The first-order valence-corrected chi connectivity index (χ1v) is 7.05. The van der Waals surface area contributed by atoms with E-state index in [9.17, 15) is 0 Å². The molecule has 1 aliphatic carbocycles. The molecule has 3 heteroatoms. The fraction of sp³-hybridized carbons (Fsp3) is 0.500. The maximum atomic E-state index is 8.82. The van der Waals surface area contributed by atoms with Gasteiger partial charge in [0.2, 0.25) is 0 Å². The van der Waals surface area contributed by atoms with Crippen LogP contribution in [0.1, 0.15) is 44.1 Å². The quantitative estimate of drug-likeness (QED) is 0.817. The van der Waals surface area contributed by atoms with E-state index in [1.165, 1.54) is 38.5 Å². The topological polar surface area (TPSA) is 35.8 Å². The van der Waals surface area contributed by atoms with Crippen molar-refractivity contribution in [3.8, 4) is 6.07 Å². The molecule has 0 spiro atoms. The third kappa shape index (κ3) is 3.47. The maximum absolute atomic E-state index is 8.82. The van der Waals surface area contributed by atoms with Crippen LogP contribution in [0.25, 0.3) is 0 Å². The SMILES string of the molecule is N#Cc1ccc(NC2CCCCCC2)c(Br)c1. The van der Waals surface area contributed by atoms with E-state index in [1.807, 2.05) is 18.2 Å². The van der Waals surface area contributed by atoms with E-state index >= 15 is 0 Å². The van der Waals surface area contributed by atoms with Crippen LogP contribution in [-0.4, -0.2) is 6.04 Å². The molecule has 1 N–H and O–H groups in total. The van der Waals surface area contributed by atoms with Gasteiger partial charge in [0.1, 0.15) is 0 Å². The third-order valence-corrected chi connectivity index (χ3v) is 3.97. The summed E-state index contributed by atoms with van der Waals surface area (Å²) in [4.78, 5) is 0. The van der Waals surface area contributed by atoms with Gasteiger partial charge in [-0.25, -0.2) is 0 Å². The van der Waals surface area contributed by atoms with Crippen LogP contribution in [0.4, 0.5) is 5.69 Å². The van der Waals surface area contributed by atoms with Gasteiger partial charge in [0, 0.05) is 16.2 Å². The second-order valence-electron chi connectivity index (χ2n) is 4.64. The summed E-state index contributed by atoms with van der Waals surface area (Å²) in [5.74, 6) is 0. The first-order chi connectivity index (χ1) is 8.29. The molecule has 2 rings (SSSR count). The molecule has 2 nitrogen and oxygen atoms in total. The number of benzene rings is 1. The highest BCUT2D eigenvalue weighted by Crippen LogP contribution is 2.27. The van der Waals surface area contributed by atoms with Crippen LogP contribution in [0.5, 0.6) is 0 Å². The molecule has 1 aromatic rings. The fourth-order valence-electron chi connectivity index (χ4n) is 2.35. The van der Waals surface area contributed by atoms with Crippen molar-refractivity contribution in [2.45, 2.75) is 44.6 Å². The van der Waals surface area contributed by atoms with Gasteiger partial charge in [-0.15, -0.1) is 0 Å².